The molecule has 66 heavy (non-hydrogen) atoms. The molecule has 0 aliphatic heterocycles. The minimum atomic E-state index is -0.855. The Balaban J connectivity index is 0.000000511. The zero-order valence-corrected chi connectivity index (χ0v) is 40.8. The number of phenolic OH excluding ortho intramolecular Hbond substituents is 4. The predicted molar refractivity (Wildman–Crippen MR) is 245 cm³/mol. The molecule has 6 aromatic rings. The molecule has 4 aromatic carbocycles. The zero-order chi connectivity index (χ0) is 47.9. The molecule has 0 radical (unpaired) electrons. The first-order valence-electron chi connectivity index (χ1n) is 20.1. The van der Waals surface area contributed by atoms with Crippen molar-refractivity contribution in [3.63, 3.8) is 0 Å². The van der Waals surface area contributed by atoms with Crippen LogP contribution in [0.2, 0.25) is 0 Å². The van der Waals surface area contributed by atoms with Gasteiger partial charge in [0.15, 0.2) is 0 Å². The fraction of sp³-hybridized carbons (Fsp3) is 0.292. The largest absolute Gasteiger partial charge is 0.507 e. The van der Waals surface area contributed by atoms with E-state index in [0.717, 1.165) is 0 Å². The second kappa shape index (κ2) is 25.2. The number of phenols is 4. The monoisotopic (exact) mass is 988 g/mol. The summed E-state index contributed by atoms with van der Waals surface area (Å²) in [5.41, 5.74) is -2.80. The molecule has 4 amide bonds. The molecule has 2 aromatic heterocycles. The molecular formula is C48H60Fe2N8O8. The van der Waals surface area contributed by atoms with Gasteiger partial charge in [-0.3, -0.25) is 19.2 Å². The third-order valence-electron chi connectivity index (χ3n) is 10.7. The maximum absolute atomic E-state index is 12.5. The average molecular weight is 989 g/mol. The number of hydrogen-bond donors (Lipinski definition) is 8. The SMILES string of the molecule is CC(C)(NC(=O)c1ccccc1O)C(C)(C)NC(=O)c1ccccc1O.CC(C)(NC(=O)c1ccccc1O)C(C)(C)NC(=O)c1ccccc1O.Cn1ccnc1.Cn1ccnc1.[Fe].[Fe]. The maximum atomic E-state index is 12.5. The first kappa shape index (κ1) is 57.4. The first-order valence-corrected chi connectivity index (χ1v) is 20.1. The maximum Gasteiger partial charge on any atom is 0.255 e. The number of carbonyl (C=O) groups excluding carboxylic acids is 4. The number of nitrogens with zero attached hydrogens (tertiary/aromatic N) is 4. The van der Waals surface area contributed by atoms with Crippen molar-refractivity contribution in [2.45, 2.75) is 77.5 Å². The fourth-order valence-corrected chi connectivity index (χ4v) is 5.34. The van der Waals surface area contributed by atoms with E-state index in [1.807, 2.05) is 35.6 Å². The summed E-state index contributed by atoms with van der Waals surface area (Å²) >= 11 is 0. The van der Waals surface area contributed by atoms with Crippen molar-refractivity contribution in [3.8, 4) is 23.0 Å². The van der Waals surface area contributed by atoms with E-state index in [9.17, 15) is 39.6 Å². The van der Waals surface area contributed by atoms with Gasteiger partial charge in [0, 0.05) is 73.0 Å². The molecule has 0 saturated carbocycles. The van der Waals surface area contributed by atoms with Crippen LogP contribution in [0.5, 0.6) is 23.0 Å². The van der Waals surface area contributed by atoms with Gasteiger partial charge >= 0.3 is 0 Å². The molecule has 8 N–H and O–H groups in total. The number of rotatable bonds is 10. The Bertz CT molecular complexity index is 2160. The molecule has 356 valence electrons. The van der Waals surface area contributed by atoms with Gasteiger partial charge in [0.2, 0.25) is 0 Å². The molecule has 2 heterocycles. The Morgan fingerprint density at radius 1 is 0.409 bits per heavy atom. The van der Waals surface area contributed by atoms with E-state index in [2.05, 4.69) is 31.2 Å². The number of benzene rings is 4. The van der Waals surface area contributed by atoms with Crippen LogP contribution in [-0.2, 0) is 48.2 Å². The van der Waals surface area contributed by atoms with Crippen molar-refractivity contribution in [1.29, 1.82) is 0 Å². The van der Waals surface area contributed by atoms with Crippen LogP contribution >= 0.6 is 0 Å². The van der Waals surface area contributed by atoms with Crippen molar-refractivity contribution < 1.29 is 73.7 Å². The van der Waals surface area contributed by atoms with Crippen LogP contribution in [0, 0.1) is 0 Å². The number of aromatic hydroxyl groups is 4. The van der Waals surface area contributed by atoms with Crippen LogP contribution in [0.25, 0.3) is 0 Å². The summed E-state index contributed by atoms with van der Waals surface area (Å²) < 4.78 is 3.78. The normalized spacial score (nSPS) is 10.8. The molecule has 16 nitrogen and oxygen atoms in total. The third-order valence-corrected chi connectivity index (χ3v) is 10.7. The number of carbonyl (C=O) groups is 4. The molecule has 0 saturated heterocycles. The number of hydrogen-bond acceptors (Lipinski definition) is 10. The standard InChI is InChI=1S/2C20H24N2O4.2C4H6N2.2Fe/c2*1-19(2,21-17(25)13-9-5-7-11-15(13)23)20(3,4)22-18(26)14-10-6-8-12-16(14)24;2*1-6-3-2-5-4-6;;/h2*5-12,23-24H,1-4H3,(H,21,25)(H,22,26);2*2-4H,1H3;;. The van der Waals surface area contributed by atoms with Crippen LogP contribution in [0.15, 0.2) is 135 Å². The number of aromatic nitrogens is 4. The topological polar surface area (TPSA) is 233 Å². The second-order valence-corrected chi connectivity index (χ2v) is 16.8. The van der Waals surface area contributed by atoms with Crippen molar-refractivity contribution in [2.75, 3.05) is 0 Å². The number of amides is 4. The fourth-order valence-electron chi connectivity index (χ4n) is 5.34. The van der Waals surface area contributed by atoms with Crippen LogP contribution in [-0.4, -0.2) is 85.3 Å². The third kappa shape index (κ3) is 16.4. The Morgan fingerprint density at radius 3 is 0.742 bits per heavy atom. The first-order chi connectivity index (χ1) is 29.9. The quantitative estimate of drug-likeness (QED) is 0.0698. The Labute approximate surface area is 407 Å². The number of aryl methyl sites for hydroxylation is 2. The molecule has 0 bridgehead atoms. The molecule has 0 aliphatic carbocycles. The summed E-state index contributed by atoms with van der Waals surface area (Å²) in [6, 6.07) is 25.0. The van der Waals surface area contributed by atoms with Crippen LogP contribution in [0.1, 0.15) is 96.8 Å². The van der Waals surface area contributed by atoms with Crippen LogP contribution in [0.4, 0.5) is 0 Å². The van der Waals surface area contributed by atoms with Gasteiger partial charge in [0.25, 0.3) is 23.6 Å². The van der Waals surface area contributed by atoms with E-state index >= 15 is 0 Å². The predicted octanol–water partition coefficient (Wildman–Crippen LogP) is 6.46. The molecule has 6 rings (SSSR count). The summed E-state index contributed by atoms with van der Waals surface area (Å²) in [7, 11) is 3.88. The van der Waals surface area contributed by atoms with Gasteiger partial charge < -0.3 is 50.8 Å². The van der Waals surface area contributed by atoms with Crippen LogP contribution in [0.3, 0.4) is 0 Å². The Hall–Kier alpha value is -6.58. The van der Waals surface area contributed by atoms with E-state index in [1.54, 1.807) is 129 Å². The van der Waals surface area contributed by atoms with Crippen molar-refractivity contribution in [3.05, 3.63) is 157 Å². The van der Waals surface area contributed by atoms with Gasteiger partial charge in [0.05, 0.1) is 57.1 Å². The van der Waals surface area contributed by atoms with E-state index < -0.39 is 45.8 Å². The van der Waals surface area contributed by atoms with E-state index in [0.29, 0.717) is 0 Å². The molecule has 0 spiro atoms. The van der Waals surface area contributed by atoms with E-state index in [1.165, 1.54) is 48.5 Å². The minimum Gasteiger partial charge on any atom is -0.507 e. The number of nitrogens with one attached hydrogen (secondary N) is 4. The van der Waals surface area contributed by atoms with Crippen molar-refractivity contribution in [2.24, 2.45) is 14.1 Å². The van der Waals surface area contributed by atoms with Gasteiger partial charge in [-0.2, -0.15) is 0 Å². The zero-order valence-electron chi connectivity index (χ0n) is 38.6. The summed E-state index contributed by atoms with van der Waals surface area (Å²) in [5.74, 6) is -2.24. The molecule has 18 heteroatoms. The molecule has 0 atom stereocenters. The number of imidazole rings is 2. The second-order valence-electron chi connectivity index (χ2n) is 16.8. The summed E-state index contributed by atoms with van der Waals surface area (Å²) in [6.45, 7) is 14.2. The van der Waals surface area contributed by atoms with Gasteiger partial charge in [0.1, 0.15) is 23.0 Å². The van der Waals surface area contributed by atoms with Crippen LogP contribution < -0.4 is 21.3 Å². The summed E-state index contributed by atoms with van der Waals surface area (Å²) in [4.78, 5) is 57.6. The van der Waals surface area contributed by atoms with E-state index in [-0.39, 0.29) is 79.4 Å². The smallest absolute Gasteiger partial charge is 0.255 e. The minimum absolute atomic E-state index is 0. The van der Waals surface area contributed by atoms with Gasteiger partial charge in [-0.25, -0.2) is 9.97 Å². The molecular weight excluding hydrogens is 928 g/mol. The van der Waals surface area contributed by atoms with Crippen molar-refractivity contribution >= 4 is 23.6 Å². The van der Waals surface area contributed by atoms with Crippen molar-refractivity contribution in [1.82, 2.24) is 40.4 Å². The number of para-hydroxylation sites is 4. The molecule has 0 fully saturated rings. The summed E-state index contributed by atoms with van der Waals surface area (Å²) in [5, 5.41) is 50.8. The van der Waals surface area contributed by atoms with Gasteiger partial charge in [-0.05, 0) is 104 Å². The Kier molecular flexibility index (Phi) is 21.9. The van der Waals surface area contributed by atoms with Gasteiger partial charge in [-0.1, -0.05) is 48.5 Å². The Morgan fingerprint density at radius 2 is 0.606 bits per heavy atom. The van der Waals surface area contributed by atoms with E-state index in [4.69, 9.17) is 0 Å². The molecule has 0 unspecified atom stereocenters. The average Bonchev–Trinajstić information content (AvgIpc) is 3.91. The molecule has 0 aliphatic rings. The van der Waals surface area contributed by atoms with Gasteiger partial charge in [-0.15, -0.1) is 0 Å². The summed E-state index contributed by atoms with van der Waals surface area (Å²) in [6.07, 6.45) is 10.8.